The van der Waals surface area contributed by atoms with Crippen molar-refractivity contribution >= 4 is 15.6 Å². The zero-order chi connectivity index (χ0) is 14.6. The Balaban J connectivity index is 1.96. The second kappa shape index (κ2) is 6.50. The maximum Gasteiger partial charge on any atom is 0.176 e. The first-order chi connectivity index (χ1) is 9.50. The van der Waals surface area contributed by atoms with Crippen molar-refractivity contribution in [2.24, 2.45) is 0 Å². The van der Waals surface area contributed by atoms with E-state index in [1.165, 1.54) is 5.56 Å². The Morgan fingerprint density at radius 1 is 1.15 bits per heavy atom. The number of carbonyl (C=O) groups is 1. The highest BCUT2D eigenvalue weighted by Crippen LogP contribution is 2.09. The Labute approximate surface area is 120 Å². The normalized spacial score (nSPS) is 19.4. The number of aryl methyl sites for hydroxylation is 1. The molecule has 0 aromatic heterocycles. The van der Waals surface area contributed by atoms with Gasteiger partial charge in [0.1, 0.15) is 0 Å². The highest BCUT2D eigenvalue weighted by atomic mass is 32.2. The van der Waals surface area contributed by atoms with Crippen LogP contribution < -0.4 is 0 Å². The Hall–Kier alpha value is -1.20. The van der Waals surface area contributed by atoms with E-state index in [1.54, 1.807) is 0 Å². The lowest BCUT2D eigenvalue weighted by molar-refractivity contribution is 0.0935. The van der Waals surface area contributed by atoms with E-state index in [4.69, 9.17) is 0 Å². The van der Waals surface area contributed by atoms with Crippen LogP contribution in [0.1, 0.15) is 29.3 Å². The molecular weight excluding hydrogens is 274 g/mol. The maximum atomic E-state index is 12.2. The van der Waals surface area contributed by atoms with Crippen molar-refractivity contribution in [3.8, 4) is 0 Å². The average Bonchev–Trinajstić information content (AvgIpc) is 2.60. The number of nitrogens with zero attached hydrogens (tertiary/aromatic N) is 1. The number of Topliss-reactive ketones (excluding diaryl/α,β-unsaturated/α-hetero) is 1. The summed E-state index contributed by atoms with van der Waals surface area (Å²) in [6.45, 7) is 3.52. The largest absolute Gasteiger partial charge is 0.295 e. The zero-order valence-electron chi connectivity index (χ0n) is 11.8. The lowest BCUT2D eigenvalue weighted by Crippen LogP contribution is -2.32. The predicted octanol–water partition coefficient (Wildman–Crippen LogP) is 1.55. The van der Waals surface area contributed by atoms with Gasteiger partial charge in [-0.05, 0) is 24.9 Å². The monoisotopic (exact) mass is 295 g/mol. The van der Waals surface area contributed by atoms with Crippen LogP contribution >= 0.6 is 0 Å². The number of benzene rings is 1. The molecule has 0 atom stereocenters. The highest BCUT2D eigenvalue weighted by Gasteiger charge is 2.20. The fourth-order valence-electron chi connectivity index (χ4n) is 2.37. The zero-order valence-corrected chi connectivity index (χ0v) is 12.7. The van der Waals surface area contributed by atoms with E-state index < -0.39 is 9.84 Å². The van der Waals surface area contributed by atoms with Gasteiger partial charge < -0.3 is 0 Å². The van der Waals surface area contributed by atoms with Crippen molar-refractivity contribution in [2.45, 2.75) is 19.8 Å². The fraction of sp³-hybridized carbons (Fsp3) is 0.533. The summed E-state index contributed by atoms with van der Waals surface area (Å²) in [5, 5.41) is 0. The first-order valence-corrected chi connectivity index (χ1v) is 8.87. The molecular formula is C15H21NO3S. The van der Waals surface area contributed by atoms with E-state index in [1.807, 2.05) is 29.2 Å². The minimum atomic E-state index is -2.91. The summed E-state index contributed by atoms with van der Waals surface area (Å²) < 4.78 is 23.1. The second-order valence-corrected chi connectivity index (χ2v) is 7.56. The number of rotatable bonds is 4. The first-order valence-electron chi connectivity index (χ1n) is 7.05. The summed E-state index contributed by atoms with van der Waals surface area (Å²) in [5.41, 5.74) is 1.91. The molecule has 4 nitrogen and oxygen atoms in total. The van der Waals surface area contributed by atoms with Gasteiger partial charge in [0, 0.05) is 12.1 Å². The topological polar surface area (TPSA) is 54.5 Å². The molecule has 110 valence electrons. The molecule has 0 amide bonds. The van der Waals surface area contributed by atoms with Gasteiger partial charge in [-0.1, -0.05) is 31.2 Å². The van der Waals surface area contributed by atoms with Crippen LogP contribution in [-0.4, -0.2) is 50.2 Å². The van der Waals surface area contributed by atoms with Crippen LogP contribution in [0.25, 0.3) is 0 Å². The summed E-state index contributed by atoms with van der Waals surface area (Å²) in [6, 6.07) is 7.66. The molecule has 1 aliphatic heterocycles. The van der Waals surface area contributed by atoms with Crippen molar-refractivity contribution in [1.29, 1.82) is 0 Å². The lowest BCUT2D eigenvalue weighted by Gasteiger charge is -2.18. The summed E-state index contributed by atoms with van der Waals surface area (Å²) in [4.78, 5) is 14.1. The van der Waals surface area contributed by atoms with E-state index >= 15 is 0 Å². The van der Waals surface area contributed by atoms with Gasteiger partial charge in [-0.25, -0.2) is 8.42 Å². The quantitative estimate of drug-likeness (QED) is 0.791. The minimum absolute atomic E-state index is 0.0620. The standard InChI is InChI=1S/C15H21NO3S/c1-2-13-4-6-14(7-5-13)15(17)12-16-8-3-10-20(18,19)11-9-16/h4-7H,2-3,8-12H2,1H3. The molecule has 0 N–H and O–H groups in total. The van der Waals surface area contributed by atoms with Crippen LogP contribution in [0.15, 0.2) is 24.3 Å². The van der Waals surface area contributed by atoms with Gasteiger partial charge in [-0.15, -0.1) is 0 Å². The number of hydrogen-bond donors (Lipinski definition) is 0. The molecule has 1 heterocycles. The fourth-order valence-corrected chi connectivity index (χ4v) is 3.68. The second-order valence-electron chi connectivity index (χ2n) is 5.26. The predicted molar refractivity (Wildman–Crippen MR) is 79.9 cm³/mol. The third-order valence-electron chi connectivity index (χ3n) is 3.70. The van der Waals surface area contributed by atoms with Crippen LogP contribution in [-0.2, 0) is 16.3 Å². The van der Waals surface area contributed by atoms with Gasteiger partial charge >= 0.3 is 0 Å². The molecule has 0 spiro atoms. The lowest BCUT2D eigenvalue weighted by atomic mass is 10.1. The van der Waals surface area contributed by atoms with Gasteiger partial charge in [0.15, 0.2) is 15.6 Å². The van der Waals surface area contributed by atoms with Crippen LogP contribution in [0.4, 0.5) is 0 Å². The van der Waals surface area contributed by atoms with Crippen LogP contribution in [0.2, 0.25) is 0 Å². The van der Waals surface area contributed by atoms with Crippen molar-refractivity contribution < 1.29 is 13.2 Å². The smallest absolute Gasteiger partial charge is 0.176 e. The van der Waals surface area contributed by atoms with E-state index in [2.05, 4.69) is 6.92 Å². The third-order valence-corrected chi connectivity index (χ3v) is 5.41. The van der Waals surface area contributed by atoms with Crippen molar-refractivity contribution in [2.75, 3.05) is 31.1 Å². The maximum absolute atomic E-state index is 12.2. The minimum Gasteiger partial charge on any atom is -0.295 e. The number of sulfone groups is 1. The summed E-state index contributed by atoms with van der Waals surface area (Å²) >= 11 is 0. The van der Waals surface area contributed by atoms with Gasteiger partial charge in [-0.3, -0.25) is 9.69 Å². The molecule has 5 heteroatoms. The summed E-state index contributed by atoms with van der Waals surface area (Å²) in [5.74, 6) is 0.463. The molecule has 20 heavy (non-hydrogen) atoms. The van der Waals surface area contributed by atoms with Crippen LogP contribution in [0, 0.1) is 0 Å². The van der Waals surface area contributed by atoms with E-state index in [0.29, 0.717) is 31.6 Å². The highest BCUT2D eigenvalue weighted by molar-refractivity contribution is 7.91. The molecule has 0 aliphatic carbocycles. The van der Waals surface area contributed by atoms with Gasteiger partial charge in [-0.2, -0.15) is 0 Å². The Kier molecular flexibility index (Phi) is 4.94. The van der Waals surface area contributed by atoms with Crippen molar-refractivity contribution in [3.05, 3.63) is 35.4 Å². The van der Waals surface area contributed by atoms with E-state index in [9.17, 15) is 13.2 Å². The van der Waals surface area contributed by atoms with Gasteiger partial charge in [0.25, 0.3) is 0 Å². The van der Waals surface area contributed by atoms with E-state index in [-0.39, 0.29) is 17.3 Å². The molecule has 0 radical (unpaired) electrons. The molecule has 1 aromatic carbocycles. The molecule has 1 aromatic rings. The SMILES string of the molecule is CCc1ccc(C(=O)CN2CCCS(=O)(=O)CC2)cc1. The molecule has 0 bridgehead atoms. The van der Waals surface area contributed by atoms with E-state index in [0.717, 1.165) is 6.42 Å². The molecule has 1 fully saturated rings. The Morgan fingerprint density at radius 3 is 2.50 bits per heavy atom. The van der Waals surface area contributed by atoms with Crippen molar-refractivity contribution in [3.63, 3.8) is 0 Å². The number of ketones is 1. The van der Waals surface area contributed by atoms with Gasteiger partial charge in [0.05, 0.1) is 18.1 Å². The third kappa shape index (κ3) is 4.15. The van der Waals surface area contributed by atoms with Crippen LogP contribution in [0.5, 0.6) is 0 Å². The molecule has 0 unspecified atom stereocenters. The Morgan fingerprint density at radius 2 is 1.85 bits per heavy atom. The number of carbonyl (C=O) groups excluding carboxylic acids is 1. The number of hydrogen-bond acceptors (Lipinski definition) is 4. The average molecular weight is 295 g/mol. The summed E-state index contributed by atoms with van der Waals surface area (Å²) in [6.07, 6.45) is 1.57. The Bertz CT molecular complexity index is 563. The van der Waals surface area contributed by atoms with Gasteiger partial charge in [0.2, 0.25) is 0 Å². The summed E-state index contributed by atoms with van der Waals surface area (Å²) in [7, 11) is -2.91. The molecule has 2 rings (SSSR count). The first kappa shape index (κ1) is 15.2. The molecule has 1 saturated heterocycles. The molecule has 0 saturated carbocycles. The van der Waals surface area contributed by atoms with Crippen LogP contribution in [0.3, 0.4) is 0 Å². The van der Waals surface area contributed by atoms with Crippen molar-refractivity contribution in [1.82, 2.24) is 4.90 Å². The molecule has 1 aliphatic rings.